The molecule has 1 radical (unpaired) electrons. The predicted molar refractivity (Wildman–Crippen MR) is 32.2 cm³/mol. The lowest BCUT2D eigenvalue weighted by Gasteiger charge is -2.08. The molecule has 0 aromatic rings. The topological polar surface area (TPSA) is 58.2 Å². The van der Waals surface area contributed by atoms with Gasteiger partial charge in [-0.05, 0) is 24.5 Å². The fraction of sp³-hybridized carbons (Fsp3) is 0.833. The largest absolute Gasteiger partial charge is 0.328 e. The number of nitrogens with one attached hydrogen (secondary N) is 1. The van der Waals surface area contributed by atoms with Crippen LogP contribution in [-0.2, 0) is 14.9 Å². The van der Waals surface area contributed by atoms with Crippen molar-refractivity contribution in [1.29, 1.82) is 0 Å². The zero-order chi connectivity index (χ0) is 7.40. The second-order valence-corrected chi connectivity index (χ2v) is 2.40. The van der Waals surface area contributed by atoms with Crippen LogP contribution in [0.15, 0.2) is 0 Å². The zero-order valence-corrected chi connectivity index (χ0v) is 5.63. The minimum Gasteiger partial charge on any atom is -0.328 e. The van der Waals surface area contributed by atoms with Gasteiger partial charge < -0.3 is 5.32 Å². The Hall–Kier alpha value is -0.610. The number of hydrogen-bond donors (Lipinski definition) is 1. The van der Waals surface area contributed by atoms with E-state index in [4.69, 9.17) is 0 Å². The van der Waals surface area contributed by atoms with Crippen molar-refractivity contribution in [1.82, 2.24) is 5.32 Å². The molecule has 4 heteroatoms. The number of amides is 1. The first-order valence-corrected chi connectivity index (χ1v) is 3.41. The Kier molecular flexibility index (Phi) is 2.65. The van der Waals surface area contributed by atoms with Gasteiger partial charge in [0.2, 0.25) is 5.91 Å². The molecular weight excluding hydrogens is 134 g/mol. The Morgan fingerprint density at radius 2 is 2.30 bits per heavy atom. The van der Waals surface area contributed by atoms with Crippen LogP contribution in [0.4, 0.5) is 0 Å². The molecule has 1 aliphatic heterocycles. The van der Waals surface area contributed by atoms with Gasteiger partial charge in [0, 0.05) is 6.42 Å². The fourth-order valence-electron chi connectivity index (χ4n) is 1.01. The quantitative estimate of drug-likeness (QED) is 0.427. The van der Waals surface area contributed by atoms with Gasteiger partial charge in [-0.25, -0.2) is 0 Å². The molecule has 0 bridgehead atoms. The zero-order valence-electron chi connectivity index (χ0n) is 5.63. The van der Waals surface area contributed by atoms with Crippen molar-refractivity contribution in [2.75, 3.05) is 0 Å². The van der Waals surface area contributed by atoms with E-state index in [1.54, 1.807) is 0 Å². The van der Waals surface area contributed by atoms with E-state index in [9.17, 15) is 10.1 Å². The van der Waals surface area contributed by atoms with Gasteiger partial charge in [-0.2, -0.15) is 4.89 Å². The van der Waals surface area contributed by atoms with Crippen LogP contribution in [0.1, 0.15) is 25.7 Å². The van der Waals surface area contributed by atoms with Crippen molar-refractivity contribution in [3.63, 3.8) is 0 Å². The monoisotopic (exact) mass is 144 g/mol. The Morgan fingerprint density at radius 1 is 1.50 bits per heavy atom. The Morgan fingerprint density at radius 3 is 3.00 bits per heavy atom. The maximum atomic E-state index is 10.7. The van der Waals surface area contributed by atoms with Gasteiger partial charge in [-0.1, -0.05) is 0 Å². The minimum absolute atomic E-state index is 0.0849. The van der Waals surface area contributed by atoms with E-state index in [2.05, 4.69) is 10.2 Å². The van der Waals surface area contributed by atoms with Crippen LogP contribution < -0.4 is 5.32 Å². The summed E-state index contributed by atoms with van der Waals surface area (Å²) >= 11 is 0. The minimum atomic E-state index is -0.602. The van der Waals surface area contributed by atoms with Crippen LogP contribution in [0.5, 0.6) is 0 Å². The van der Waals surface area contributed by atoms with E-state index in [0.717, 1.165) is 12.8 Å². The highest BCUT2D eigenvalue weighted by atomic mass is 17.1. The molecule has 57 valence electrons. The van der Waals surface area contributed by atoms with Crippen LogP contribution in [0, 0.1) is 0 Å². The molecule has 1 saturated heterocycles. The fourth-order valence-corrected chi connectivity index (χ4v) is 1.01. The molecule has 1 N–H and O–H groups in total. The number of hydrogen-bond acceptors (Lipinski definition) is 2. The van der Waals surface area contributed by atoms with Crippen LogP contribution in [0.2, 0.25) is 0 Å². The van der Waals surface area contributed by atoms with Crippen molar-refractivity contribution in [3.05, 3.63) is 0 Å². The average molecular weight is 144 g/mol. The predicted octanol–water partition coefficient (Wildman–Crippen LogP) is 0.365. The van der Waals surface area contributed by atoms with Crippen molar-refractivity contribution in [2.24, 2.45) is 0 Å². The Balaban J connectivity index is 2.38. The summed E-state index contributed by atoms with van der Waals surface area (Å²) < 4.78 is 0. The lowest BCUT2D eigenvalue weighted by atomic mass is 10.2. The molecule has 1 atom stereocenters. The smallest absolute Gasteiger partial charge is 0.222 e. The molecular formula is C6H10NO3. The first kappa shape index (κ1) is 7.50. The molecule has 4 nitrogen and oxygen atoms in total. The summed E-state index contributed by atoms with van der Waals surface area (Å²) in [6.45, 7) is 0. The third-order valence-electron chi connectivity index (χ3n) is 1.56. The first-order chi connectivity index (χ1) is 4.83. The van der Waals surface area contributed by atoms with Gasteiger partial charge in [-0.15, -0.1) is 0 Å². The van der Waals surface area contributed by atoms with E-state index in [-0.39, 0.29) is 5.91 Å². The summed E-state index contributed by atoms with van der Waals surface area (Å²) in [5.41, 5.74) is 0. The molecule has 0 aromatic carbocycles. The molecule has 0 aromatic heterocycles. The molecule has 1 fully saturated rings. The van der Waals surface area contributed by atoms with E-state index in [1.165, 1.54) is 0 Å². The van der Waals surface area contributed by atoms with Gasteiger partial charge in [0.05, 0.1) is 0 Å². The van der Waals surface area contributed by atoms with Gasteiger partial charge in [0.1, 0.15) is 0 Å². The summed E-state index contributed by atoms with van der Waals surface area (Å²) in [6.07, 6.45) is 2.28. The number of rotatable bonds is 1. The summed E-state index contributed by atoms with van der Waals surface area (Å²) in [7, 11) is 0. The van der Waals surface area contributed by atoms with Crippen molar-refractivity contribution >= 4 is 5.91 Å². The van der Waals surface area contributed by atoms with E-state index >= 15 is 0 Å². The number of carbonyl (C=O) groups excluding carboxylic acids is 1. The summed E-state index contributed by atoms with van der Waals surface area (Å²) in [4.78, 5) is 14.5. The standard InChI is InChI=1S/C6H10NO3/c8-5-3-1-2-4-6(7-5)10-9/h6H,1-4H2,(H,7,8). The van der Waals surface area contributed by atoms with E-state index in [0.29, 0.717) is 12.8 Å². The highest BCUT2D eigenvalue weighted by molar-refractivity contribution is 5.76. The summed E-state index contributed by atoms with van der Waals surface area (Å²) in [6, 6.07) is 0. The average Bonchev–Trinajstić information content (AvgIpc) is 2.13. The molecule has 10 heavy (non-hydrogen) atoms. The normalized spacial score (nSPS) is 27.3. The SMILES string of the molecule is [O]OC1CCCCC(=O)N1. The second-order valence-electron chi connectivity index (χ2n) is 2.40. The first-order valence-electron chi connectivity index (χ1n) is 3.41. The Bertz CT molecular complexity index is 126. The maximum Gasteiger partial charge on any atom is 0.222 e. The van der Waals surface area contributed by atoms with Gasteiger partial charge >= 0.3 is 0 Å². The lowest BCUT2D eigenvalue weighted by Crippen LogP contribution is -2.33. The lowest BCUT2D eigenvalue weighted by molar-refractivity contribution is -0.340. The molecule has 1 heterocycles. The number of carbonyl (C=O) groups is 1. The summed E-state index contributed by atoms with van der Waals surface area (Å²) in [5.74, 6) is -0.0849. The third kappa shape index (κ3) is 1.97. The van der Waals surface area contributed by atoms with Crippen molar-refractivity contribution in [2.45, 2.75) is 31.9 Å². The van der Waals surface area contributed by atoms with Gasteiger partial charge in [-0.3, -0.25) is 4.79 Å². The van der Waals surface area contributed by atoms with Crippen molar-refractivity contribution < 1.29 is 14.9 Å². The van der Waals surface area contributed by atoms with Crippen LogP contribution in [-0.4, -0.2) is 12.1 Å². The molecule has 0 spiro atoms. The van der Waals surface area contributed by atoms with Crippen LogP contribution >= 0.6 is 0 Å². The third-order valence-corrected chi connectivity index (χ3v) is 1.56. The van der Waals surface area contributed by atoms with E-state index in [1.807, 2.05) is 0 Å². The maximum absolute atomic E-state index is 10.7. The Labute approximate surface area is 59.1 Å². The van der Waals surface area contributed by atoms with Gasteiger partial charge in [0.15, 0.2) is 6.23 Å². The molecule has 0 saturated carbocycles. The molecule has 1 unspecified atom stereocenters. The van der Waals surface area contributed by atoms with Crippen molar-refractivity contribution in [3.8, 4) is 0 Å². The molecule has 1 amide bonds. The second kappa shape index (κ2) is 3.53. The molecule has 1 aliphatic rings. The van der Waals surface area contributed by atoms with Crippen LogP contribution in [0.3, 0.4) is 0 Å². The highest BCUT2D eigenvalue weighted by Crippen LogP contribution is 2.08. The van der Waals surface area contributed by atoms with Gasteiger partial charge in [0.25, 0.3) is 0 Å². The molecule has 1 rings (SSSR count). The van der Waals surface area contributed by atoms with Crippen LogP contribution in [0.25, 0.3) is 0 Å². The highest BCUT2D eigenvalue weighted by Gasteiger charge is 2.16. The summed E-state index contributed by atoms with van der Waals surface area (Å²) in [5, 5.41) is 12.3. The van der Waals surface area contributed by atoms with E-state index < -0.39 is 6.23 Å². The molecule has 0 aliphatic carbocycles.